The van der Waals surface area contributed by atoms with E-state index >= 15 is 4.39 Å². The van der Waals surface area contributed by atoms with E-state index in [1.54, 1.807) is 0 Å². The molecule has 0 aromatic heterocycles. The lowest BCUT2D eigenvalue weighted by atomic mass is 9.64. The van der Waals surface area contributed by atoms with Gasteiger partial charge >= 0.3 is 6.09 Å². The molecule has 5 fully saturated rings. The maximum Gasteiger partial charge on any atom is 0.407 e. The number of fused-ring (bicyclic) bond motifs is 3. The van der Waals surface area contributed by atoms with Gasteiger partial charge in [0, 0.05) is 37.8 Å². The number of unbranched alkanes of at least 4 members (excludes halogenated alkanes) is 1. The first-order chi connectivity index (χ1) is 21.9. The second kappa shape index (κ2) is 13.7. The van der Waals surface area contributed by atoms with E-state index in [1.165, 1.54) is 25.7 Å². The van der Waals surface area contributed by atoms with Crippen molar-refractivity contribution in [1.82, 2.24) is 25.3 Å². The molecule has 258 valence electrons. The average molecular weight is 646 g/mol. The molecule has 0 bridgehead atoms. The number of Topliss-reactive ketones (excluding diaryl/α,β-unsaturated/α-hetero) is 1. The Labute approximate surface area is 274 Å². The molecular weight excluding hydrogens is 589 g/mol. The summed E-state index contributed by atoms with van der Waals surface area (Å²) in [7, 11) is 4.06. The van der Waals surface area contributed by atoms with Gasteiger partial charge in [0.05, 0.1) is 35.9 Å². The second-order valence-electron chi connectivity index (χ2n) is 16.1. The van der Waals surface area contributed by atoms with Crippen molar-refractivity contribution in [3.63, 3.8) is 0 Å². The molecular formula is C35H56FN5O5. The Morgan fingerprint density at radius 2 is 1.80 bits per heavy atom. The number of halogens is 1. The maximum absolute atomic E-state index is 16.5. The predicted octanol–water partition coefficient (Wildman–Crippen LogP) is 3.64. The Balaban J connectivity index is 1.23. The highest BCUT2D eigenvalue weighted by Crippen LogP contribution is 2.51. The van der Waals surface area contributed by atoms with E-state index < -0.39 is 35.9 Å². The highest BCUT2D eigenvalue weighted by molar-refractivity contribution is 6.20. The third-order valence-electron chi connectivity index (χ3n) is 11.4. The number of nitrogens with zero attached hydrogens (tertiary/aromatic N) is 3. The van der Waals surface area contributed by atoms with Gasteiger partial charge in [-0.1, -0.05) is 25.7 Å². The fraction of sp³-hybridized carbons (Fsp3) is 0.857. The van der Waals surface area contributed by atoms with Gasteiger partial charge in [-0.2, -0.15) is 0 Å². The lowest BCUT2D eigenvalue weighted by Crippen LogP contribution is -2.73. The van der Waals surface area contributed by atoms with Gasteiger partial charge in [0.2, 0.25) is 0 Å². The van der Waals surface area contributed by atoms with Gasteiger partial charge in [0.1, 0.15) is 11.8 Å². The standard InChI is InChI=1S/C35H56FN5O5/c1-35(2,3)46-34(44)38-23-12-15-40(19-23)30-26(36)18-24-29-32(30)45-28-17-22-11-7-6-10-21(22)16-27(28)41(29)20-25(31(24)42)33(43)37-13-8-9-14-39(4)5/h20-24,26-30,32H,6-19H2,1-5H3,(H,37,43)(H,38,44)/t21?,22?,23-,24?,26?,27?,28?,29?,30?,32?/m1/s1. The number of morpholine rings is 1. The fourth-order valence-electron chi connectivity index (χ4n) is 9.37. The summed E-state index contributed by atoms with van der Waals surface area (Å²) in [4.78, 5) is 46.5. The summed E-state index contributed by atoms with van der Waals surface area (Å²) >= 11 is 0. The fourth-order valence-corrected chi connectivity index (χ4v) is 9.37. The van der Waals surface area contributed by atoms with Crippen LogP contribution in [0.25, 0.3) is 0 Å². The summed E-state index contributed by atoms with van der Waals surface area (Å²) < 4.78 is 29.0. The summed E-state index contributed by atoms with van der Waals surface area (Å²) in [5.41, 5.74) is -0.423. The van der Waals surface area contributed by atoms with E-state index in [0.717, 1.165) is 32.2 Å². The number of ketones is 1. The van der Waals surface area contributed by atoms with Crippen molar-refractivity contribution >= 4 is 17.8 Å². The molecule has 0 radical (unpaired) electrons. The molecule has 10 atom stereocenters. The van der Waals surface area contributed by atoms with Crippen molar-refractivity contribution in [2.75, 3.05) is 40.3 Å². The Bertz CT molecular complexity index is 1170. The molecule has 3 aliphatic carbocycles. The van der Waals surface area contributed by atoms with Gasteiger partial charge in [-0.3, -0.25) is 14.5 Å². The molecule has 11 heteroatoms. The summed E-state index contributed by atoms with van der Waals surface area (Å²) in [6.07, 6.45) is 8.96. The molecule has 10 nitrogen and oxygen atoms in total. The van der Waals surface area contributed by atoms with Crippen LogP contribution in [0.15, 0.2) is 11.8 Å². The monoisotopic (exact) mass is 645 g/mol. The van der Waals surface area contributed by atoms with Crippen LogP contribution >= 0.6 is 0 Å². The van der Waals surface area contributed by atoms with E-state index in [9.17, 15) is 14.4 Å². The number of hydrogen-bond donors (Lipinski definition) is 2. The Hall–Kier alpha value is -2.24. The third kappa shape index (κ3) is 7.11. The van der Waals surface area contributed by atoms with E-state index in [4.69, 9.17) is 9.47 Å². The Kier molecular flexibility index (Phi) is 10.0. The van der Waals surface area contributed by atoms with Gasteiger partial charge in [-0.05, 0) is 91.8 Å². The molecule has 3 aliphatic heterocycles. The number of amides is 2. The summed E-state index contributed by atoms with van der Waals surface area (Å²) in [5.74, 6) is 0.0177. The zero-order valence-corrected chi connectivity index (χ0v) is 28.5. The lowest BCUT2D eigenvalue weighted by molar-refractivity contribution is -0.219. The molecule has 2 amide bonds. The normalized spacial score (nSPS) is 37.6. The highest BCUT2D eigenvalue weighted by Gasteiger charge is 2.61. The van der Waals surface area contributed by atoms with Crippen LogP contribution in [0.3, 0.4) is 0 Å². The van der Waals surface area contributed by atoms with Gasteiger partial charge in [0.25, 0.3) is 5.91 Å². The summed E-state index contributed by atoms with van der Waals surface area (Å²) in [6, 6.07) is -0.894. The van der Waals surface area contributed by atoms with Gasteiger partial charge < -0.3 is 29.9 Å². The van der Waals surface area contributed by atoms with Gasteiger partial charge in [0.15, 0.2) is 5.78 Å². The third-order valence-corrected chi connectivity index (χ3v) is 11.4. The molecule has 3 saturated carbocycles. The minimum atomic E-state index is -1.28. The van der Waals surface area contributed by atoms with Crippen LogP contribution in [0.1, 0.15) is 85.0 Å². The predicted molar refractivity (Wildman–Crippen MR) is 173 cm³/mol. The average Bonchev–Trinajstić information content (AvgIpc) is 3.43. The maximum atomic E-state index is 16.5. The number of hydrogen-bond acceptors (Lipinski definition) is 8. The van der Waals surface area contributed by atoms with Crippen LogP contribution in [-0.2, 0) is 19.1 Å². The van der Waals surface area contributed by atoms with E-state index in [2.05, 4.69) is 25.3 Å². The van der Waals surface area contributed by atoms with Crippen LogP contribution in [0.2, 0.25) is 0 Å². The minimum absolute atomic E-state index is 0.0628. The quantitative estimate of drug-likeness (QED) is 0.305. The molecule has 9 unspecified atom stereocenters. The Morgan fingerprint density at radius 3 is 2.52 bits per heavy atom. The van der Waals surface area contributed by atoms with Crippen LogP contribution in [-0.4, -0.2) is 121 Å². The van der Waals surface area contributed by atoms with Gasteiger partial charge in [-0.15, -0.1) is 0 Å². The second-order valence-corrected chi connectivity index (χ2v) is 16.1. The number of likely N-dealkylation sites (tertiary alicyclic amines) is 1. The molecule has 0 aromatic rings. The van der Waals surface area contributed by atoms with Crippen LogP contribution < -0.4 is 10.6 Å². The molecule has 2 saturated heterocycles. The van der Waals surface area contributed by atoms with E-state index in [-0.39, 0.29) is 47.9 Å². The number of rotatable bonds is 8. The first-order valence-electron chi connectivity index (χ1n) is 17.9. The largest absolute Gasteiger partial charge is 0.444 e. The van der Waals surface area contributed by atoms with Crippen LogP contribution in [0, 0.1) is 17.8 Å². The van der Waals surface area contributed by atoms with Crippen molar-refractivity contribution in [2.45, 2.75) is 133 Å². The topological polar surface area (TPSA) is 103 Å². The first kappa shape index (κ1) is 33.7. The summed E-state index contributed by atoms with van der Waals surface area (Å²) in [5, 5.41) is 5.97. The van der Waals surface area contributed by atoms with Crippen molar-refractivity contribution in [3.05, 3.63) is 11.8 Å². The van der Waals surface area contributed by atoms with Crippen molar-refractivity contribution in [3.8, 4) is 0 Å². The smallest absolute Gasteiger partial charge is 0.407 e. The summed E-state index contributed by atoms with van der Waals surface area (Å²) in [6.45, 7) is 8.09. The zero-order chi connectivity index (χ0) is 32.7. The molecule has 46 heavy (non-hydrogen) atoms. The van der Waals surface area contributed by atoms with Crippen molar-refractivity contribution in [1.29, 1.82) is 0 Å². The van der Waals surface area contributed by atoms with Crippen LogP contribution in [0.4, 0.5) is 9.18 Å². The van der Waals surface area contributed by atoms with Gasteiger partial charge in [-0.25, -0.2) is 9.18 Å². The van der Waals surface area contributed by atoms with E-state index in [1.807, 2.05) is 41.1 Å². The van der Waals surface area contributed by atoms with Crippen LogP contribution in [0.5, 0.6) is 0 Å². The van der Waals surface area contributed by atoms with E-state index in [0.29, 0.717) is 37.9 Å². The number of alkyl halides is 1. The van der Waals surface area contributed by atoms with Crippen molar-refractivity contribution in [2.24, 2.45) is 17.8 Å². The molecule has 0 aromatic carbocycles. The number of carbonyl (C=O) groups is 3. The highest BCUT2D eigenvalue weighted by atomic mass is 19.1. The number of ether oxygens (including phenoxy) is 2. The minimum Gasteiger partial charge on any atom is -0.444 e. The lowest BCUT2D eigenvalue weighted by Gasteiger charge is -2.61. The Morgan fingerprint density at radius 1 is 1.07 bits per heavy atom. The number of alkyl carbamates (subject to hydrolysis) is 1. The first-order valence-corrected chi connectivity index (χ1v) is 17.9. The molecule has 2 N–H and O–H groups in total. The van der Waals surface area contributed by atoms with Crippen molar-refractivity contribution < 1.29 is 28.2 Å². The zero-order valence-electron chi connectivity index (χ0n) is 28.5. The SMILES string of the molecule is CN(C)CCCCNC(=O)C1=CN2C3CC4CCCCC4CC3OC3C(N4CC[C@@H](NC(=O)OC(C)(C)C)C4)C(F)CC(C1=O)C32. The molecule has 3 heterocycles. The number of carbonyl (C=O) groups excluding carboxylic acids is 3. The molecule has 0 spiro atoms. The molecule has 6 rings (SSSR count). The molecule has 6 aliphatic rings. The number of nitrogens with one attached hydrogen (secondary N) is 2.